The number of ether oxygens (including phenoxy) is 2. The topological polar surface area (TPSA) is 64.6 Å². The Labute approximate surface area is 174 Å². The molecule has 0 aliphatic heterocycles. The minimum absolute atomic E-state index is 0.0712. The van der Waals surface area contributed by atoms with Crippen LogP contribution in [0.3, 0.4) is 0 Å². The Bertz CT molecular complexity index is 751. The van der Waals surface area contributed by atoms with Crippen molar-refractivity contribution in [1.82, 2.24) is 5.32 Å². The molecule has 1 amide bonds. The van der Waals surface area contributed by atoms with E-state index in [9.17, 15) is 9.59 Å². The third-order valence-corrected chi connectivity index (χ3v) is 7.55. The summed E-state index contributed by atoms with van der Waals surface area (Å²) < 4.78 is 10.7. The lowest BCUT2D eigenvalue weighted by Crippen LogP contribution is -2.53. The lowest BCUT2D eigenvalue weighted by atomic mass is 9.49. The van der Waals surface area contributed by atoms with Gasteiger partial charge < -0.3 is 14.8 Å². The van der Waals surface area contributed by atoms with Crippen LogP contribution in [0.25, 0.3) is 0 Å². The van der Waals surface area contributed by atoms with Crippen LogP contribution in [0, 0.1) is 17.3 Å². The number of hydrogen-bond donors (Lipinski definition) is 1. The summed E-state index contributed by atoms with van der Waals surface area (Å²) in [5.74, 6) is 1.70. The van der Waals surface area contributed by atoms with E-state index in [0.717, 1.165) is 42.4 Å². The Kier molecular flexibility index (Phi) is 5.43. The summed E-state index contributed by atoms with van der Waals surface area (Å²) in [4.78, 5) is 24.5. The fraction of sp³-hybridized carbons (Fsp3) is 0.636. The maximum atomic E-state index is 12.5. The number of alkyl halides is 1. The van der Waals surface area contributed by atoms with Crippen LogP contribution >= 0.6 is 15.9 Å². The van der Waals surface area contributed by atoms with Crippen LogP contribution < -0.4 is 10.1 Å². The minimum Gasteiger partial charge on any atom is -0.497 e. The first-order valence-corrected chi connectivity index (χ1v) is 10.9. The van der Waals surface area contributed by atoms with Crippen molar-refractivity contribution in [2.75, 3.05) is 13.7 Å². The van der Waals surface area contributed by atoms with Crippen molar-refractivity contribution in [1.29, 1.82) is 0 Å². The van der Waals surface area contributed by atoms with Crippen LogP contribution in [-0.2, 0) is 20.9 Å². The Balaban J connectivity index is 1.24. The van der Waals surface area contributed by atoms with Gasteiger partial charge in [-0.3, -0.25) is 9.59 Å². The molecule has 0 saturated heterocycles. The molecule has 0 spiro atoms. The third-order valence-electron chi connectivity index (χ3n) is 6.62. The molecule has 0 radical (unpaired) electrons. The number of carbonyl (C=O) groups excluding carboxylic acids is 2. The number of halogens is 1. The number of benzene rings is 1. The van der Waals surface area contributed by atoms with Crippen LogP contribution in [-0.4, -0.2) is 29.9 Å². The number of hydrogen-bond acceptors (Lipinski definition) is 4. The third kappa shape index (κ3) is 4.37. The van der Waals surface area contributed by atoms with Crippen LogP contribution in [0.5, 0.6) is 5.75 Å². The molecule has 4 aliphatic rings. The van der Waals surface area contributed by atoms with Crippen LogP contribution in [0.2, 0.25) is 0 Å². The van der Waals surface area contributed by atoms with Gasteiger partial charge in [0.05, 0.1) is 13.5 Å². The van der Waals surface area contributed by atoms with Gasteiger partial charge in [-0.1, -0.05) is 28.1 Å². The lowest BCUT2D eigenvalue weighted by Gasteiger charge is -2.60. The molecule has 4 aliphatic carbocycles. The second-order valence-electron chi connectivity index (χ2n) is 9.08. The van der Waals surface area contributed by atoms with E-state index in [2.05, 4.69) is 21.2 Å². The van der Waals surface area contributed by atoms with E-state index in [1.165, 1.54) is 19.3 Å². The average molecular weight is 450 g/mol. The molecule has 4 saturated carbocycles. The quantitative estimate of drug-likeness (QED) is 0.504. The molecule has 4 bridgehead atoms. The Morgan fingerprint density at radius 3 is 2.64 bits per heavy atom. The van der Waals surface area contributed by atoms with E-state index in [-0.39, 0.29) is 28.2 Å². The molecule has 5 rings (SSSR count). The van der Waals surface area contributed by atoms with Crippen molar-refractivity contribution in [3.63, 3.8) is 0 Å². The minimum atomic E-state index is -0.279. The van der Waals surface area contributed by atoms with Gasteiger partial charge in [-0.2, -0.15) is 0 Å². The molecule has 0 unspecified atom stereocenters. The van der Waals surface area contributed by atoms with E-state index < -0.39 is 0 Å². The maximum Gasteiger partial charge on any atom is 0.306 e. The fourth-order valence-electron chi connectivity index (χ4n) is 6.08. The van der Waals surface area contributed by atoms with Crippen LogP contribution in [0.1, 0.15) is 50.5 Å². The van der Waals surface area contributed by atoms with E-state index in [4.69, 9.17) is 9.47 Å². The van der Waals surface area contributed by atoms with Gasteiger partial charge in [-0.15, -0.1) is 0 Å². The first kappa shape index (κ1) is 19.7. The van der Waals surface area contributed by atoms with Gasteiger partial charge in [0.1, 0.15) is 5.75 Å². The van der Waals surface area contributed by atoms with E-state index >= 15 is 0 Å². The summed E-state index contributed by atoms with van der Waals surface area (Å²) in [5.41, 5.74) is 1.01. The summed E-state index contributed by atoms with van der Waals surface area (Å²) in [5, 5.41) is 2.79. The Morgan fingerprint density at radius 2 is 1.96 bits per heavy atom. The van der Waals surface area contributed by atoms with Gasteiger partial charge in [0.25, 0.3) is 5.91 Å². The fourth-order valence-corrected chi connectivity index (χ4v) is 7.59. The van der Waals surface area contributed by atoms with Crippen molar-refractivity contribution in [2.45, 2.75) is 55.8 Å². The highest BCUT2D eigenvalue weighted by Gasteiger charge is 2.57. The van der Waals surface area contributed by atoms with Crippen molar-refractivity contribution in [2.24, 2.45) is 17.3 Å². The van der Waals surface area contributed by atoms with E-state index in [0.29, 0.717) is 13.0 Å². The highest BCUT2D eigenvalue weighted by atomic mass is 79.9. The first-order valence-electron chi connectivity index (χ1n) is 10.1. The number of amides is 1. The first-order chi connectivity index (χ1) is 13.4. The van der Waals surface area contributed by atoms with Gasteiger partial charge in [-0.25, -0.2) is 0 Å². The van der Waals surface area contributed by atoms with Crippen molar-refractivity contribution in [3.05, 3.63) is 29.8 Å². The molecular weight excluding hydrogens is 422 g/mol. The van der Waals surface area contributed by atoms with Crippen molar-refractivity contribution >= 4 is 27.8 Å². The molecule has 1 aromatic carbocycles. The SMILES string of the molecule is COc1cccc(CNC(=O)COC(=O)CC23C[C@H]4C[C@@H](CC(Br)(C4)C2)C3)c1. The van der Waals surface area contributed by atoms with Gasteiger partial charge in [0.15, 0.2) is 6.61 Å². The average Bonchev–Trinajstić information content (AvgIpc) is 2.62. The van der Waals surface area contributed by atoms with Crippen molar-refractivity contribution < 1.29 is 19.1 Å². The highest BCUT2D eigenvalue weighted by Crippen LogP contribution is 2.65. The summed E-state index contributed by atoms with van der Waals surface area (Å²) in [6.45, 7) is 0.165. The van der Waals surface area contributed by atoms with Gasteiger partial charge in [-0.05, 0) is 73.5 Å². The van der Waals surface area contributed by atoms with E-state index in [1.807, 2.05) is 24.3 Å². The predicted molar refractivity (Wildman–Crippen MR) is 109 cm³/mol. The molecule has 2 atom stereocenters. The smallest absolute Gasteiger partial charge is 0.306 e. The molecule has 6 heteroatoms. The van der Waals surface area contributed by atoms with Crippen LogP contribution in [0.15, 0.2) is 24.3 Å². The lowest BCUT2D eigenvalue weighted by molar-refractivity contribution is -0.154. The summed E-state index contributed by atoms with van der Waals surface area (Å²) in [6, 6.07) is 7.52. The number of rotatable bonds is 7. The van der Waals surface area contributed by atoms with Crippen LogP contribution in [0.4, 0.5) is 0 Å². The predicted octanol–water partition coefficient (Wildman–Crippen LogP) is 3.98. The molecule has 152 valence electrons. The Hall–Kier alpha value is -1.56. The normalized spacial score (nSPS) is 32.8. The highest BCUT2D eigenvalue weighted by molar-refractivity contribution is 9.10. The molecule has 0 heterocycles. The zero-order valence-electron chi connectivity index (χ0n) is 16.3. The molecule has 1 aromatic rings. The second kappa shape index (κ2) is 7.69. The van der Waals surface area contributed by atoms with Gasteiger partial charge >= 0.3 is 5.97 Å². The largest absolute Gasteiger partial charge is 0.497 e. The molecular formula is C22H28BrNO4. The number of esters is 1. The van der Waals surface area contributed by atoms with E-state index in [1.54, 1.807) is 7.11 Å². The summed E-state index contributed by atoms with van der Waals surface area (Å²) in [7, 11) is 1.61. The Morgan fingerprint density at radius 1 is 1.21 bits per heavy atom. The monoisotopic (exact) mass is 449 g/mol. The maximum absolute atomic E-state index is 12.5. The summed E-state index contributed by atoms with van der Waals surface area (Å²) >= 11 is 3.97. The van der Waals surface area contributed by atoms with Crippen molar-refractivity contribution in [3.8, 4) is 5.75 Å². The number of carbonyl (C=O) groups is 2. The van der Waals surface area contributed by atoms with Gasteiger partial charge in [0, 0.05) is 10.9 Å². The molecule has 28 heavy (non-hydrogen) atoms. The summed E-state index contributed by atoms with van der Waals surface area (Å²) in [6.07, 6.45) is 7.57. The molecule has 4 fully saturated rings. The zero-order valence-corrected chi connectivity index (χ0v) is 17.9. The second-order valence-corrected chi connectivity index (χ2v) is 10.8. The standard InChI is InChI=1S/C22H28BrNO4/c1-27-18-4-2-3-15(6-18)12-24-19(25)13-28-20(26)11-21-7-16-5-17(8-21)10-22(23,9-16)14-21/h2-4,6,16-17H,5,7-14H2,1H3,(H,24,25)/t16-,17-,21?,22?/m1/s1. The van der Waals surface area contributed by atoms with Gasteiger partial charge in [0.2, 0.25) is 0 Å². The molecule has 0 aromatic heterocycles. The number of nitrogens with one attached hydrogen (secondary N) is 1. The number of methoxy groups -OCH3 is 1. The molecule has 1 N–H and O–H groups in total. The molecule has 5 nitrogen and oxygen atoms in total. The zero-order chi connectivity index (χ0) is 19.8.